The zero-order chi connectivity index (χ0) is 9.84. The highest BCUT2D eigenvalue weighted by atomic mass is 15.3. The molecule has 2 N–H and O–H groups in total. The first-order chi connectivity index (χ1) is 6.15. The minimum absolute atomic E-state index is 0.449. The molecule has 3 nitrogen and oxygen atoms in total. The number of hydrogen-bond donors (Lipinski definition) is 1. The predicted molar refractivity (Wildman–Crippen MR) is 54.7 cm³/mol. The van der Waals surface area contributed by atoms with Crippen LogP contribution in [0.15, 0.2) is 6.20 Å². The monoisotopic (exact) mass is 181 g/mol. The predicted octanol–water partition coefficient (Wildman–Crippen LogP) is 1.66. The number of nitrogens with two attached hydrogens (primary N) is 1. The van der Waals surface area contributed by atoms with Crippen molar-refractivity contribution in [3.63, 3.8) is 0 Å². The van der Waals surface area contributed by atoms with E-state index in [-0.39, 0.29) is 0 Å². The zero-order valence-corrected chi connectivity index (χ0v) is 8.75. The second-order valence-corrected chi connectivity index (χ2v) is 3.71. The molecule has 13 heavy (non-hydrogen) atoms. The molecule has 1 aromatic heterocycles. The van der Waals surface area contributed by atoms with Crippen LogP contribution < -0.4 is 5.73 Å². The second-order valence-electron chi connectivity index (χ2n) is 3.71. The average molecular weight is 181 g/mol. The zero-order valence-electron chi connectivity index (χ0n) is 8.75. The third-order valence-electron chi connectivity index (χ3n) is 2.20. The lowest BCUT2D eigenvalue weighted by Gasteiger charge is -2.02. The molecular formula is C10H19N3. The molecular weight excluding hydrogens is 162 g/mol. The Morgan fingerprint density at radius 1 is 1.54 bits per heavy atom. The maximum absolute atomic E-state index is 5.47. The van der Waals surface area contributed by atoms with E-state index in [1.165, 1.54) is 5.56 Å². The standard InChI is InChI=1S/C10H19N3/c1-8(2)13-7-10(5-4-6-11)9(3)12-13/h7-8H,4-6,11H2,1-3H3. The summed E-state index contributed by atoms with van der Waals surface area (Å²) < 4.78 is 2.02. The summed E-state index contributed by atoms with van der Waals surface area (Å²) in [5.41, 5.74) is 7.94. The van der Waals surface area contributed by atoms with Crippen molar-refractivity contribution in [2.45, 2.75) is 39.7 Å². The summed E-state index contributed by atoms with van der Waals surface area (Å²) in [6.07, 6.45) is 4.23. The van der Waals surface area contributed by atoms with E-state index in [4.69, 9.17) is 5.73 Å². The fourth-order valence-electron chi connectivity index (χ4n) is 1.32. The molecule has 0 aromatic carbocycles. The Bertz CT molecular complexity index is 263. The van der Waals surface area contributed by atoms with Crippen molar-refractivity contribution in [1.29, 1.82) is 0 Å². The van der Waals surface area contributed by atoms with Gasteiger partial charge in [-0.3, -0.25) is 4.68 Å². The molecule has 0 saturated heterocycles. The lowest BCUT2D eigenvalue weighted by atomic mass is 10.1. The van der Waals surface area contributed by atoms with Gasteiger partial charge in [-0.05, 0) is 45.7 Å². The molecule has 0 bridgehead atoms. The first-order valence-corrected chi connectivity index (χ1v) is 4.90. The third-order valence-corrected chi connectivity index (χ3v) is 2.20. The van der Waals surface area contributed by atoms with Crippen molar-refractivity contribution in [1.82, 2.24) is 9.78 Å². The fourth-order valence-corrected chi connectivity index (χ4v) is 1.32. The molecule has 0 spiro atoms. The molecule has 0 aliphatic rings. The highest BCUT2D eigenvalue weighted by Gasteiger charge is 2.05. The summed E-state index contributed by atoms with van der Waals surface area (Å²) in [5.74, 6) is 0. The first kappa shape index (κ1) is 10.3. The van der Waals surface area contributed by atoms with Crippen LogP contribution in [0.25, 0.3) is 0 Å². The summed E-state index contributed by atoms with van der Waals surface area (Å²) in [5, 5.41) is 4.44. The molecule has 1 heterocycles. The molecule has 0 unspecified atom stereocenters. The van der Waals surface area contributed by atoms with Crippen LogP contribution >= 0.6 is 0 Å². The van der Waals surface area contributed by atoms with Gasteiger partial charge in [0.1, 0.15) is 0 Å². The molecule has 0 aliphatic carbocycles. The lowest BCUT2D eigenvalue weighted by Crippen LogP contribution is -2.01. The summed E-state index contributed by atoms with van der Waals surface area (Å²) in [6, 6.07) is 0.449. The quantitative estimate of drug-likeness (QED) is 0.767. The van der Waals surface area contributed by atoms with Crippen molar-refractivity contribution in [2.24, 2.45) is 5.73 Å². The normalized spacial score (nSPS) is 11.2. The summed E-state index contributed by atoms with van der Waals surface area (Å²) in [4.78, 5) is 0. The van der Waals surface area contributed by atoms with E-state index in [1.54, 1.807) is 0 Å². The van der Waals surface area contributed by atoms with Crippen molar-refractivity contribution in [2.75, 3.05) is 6.54 Å². The maximum atomic E-state index is 5.47. The smallest absolute Gasteiger partial charge is 0.0625 e. The average Bonchev–Trinajstić information content (AvgIpc) is 2.44. The van der Waals surface area contributed by atoms with E-state index in [0.29, 0.717) is 6.04 Å². The van der Waals surface area contributed by atoms with Gasteiger partial charge in [0.05, 0.1) is 5.69 Å². The van der Waals surface area contributed by atoms with Crippen molar-refractivity contribution >= 4 is 0 Å². The molecule has 0 fully saturated rings. The van der Waals surface area contributed by atoms with Crippen LogP contribution in [0.1, 0.15) is 37.6 Å². The van der Waals surface area contributed by atoms with E-state index in [9.17, 15) is 0 Å². The molecule has 0 aliphatic heterocycles. The van der Waals surface area contributed by atoms with E-state index in [2.05, 4.69) is 32.1 Å². The van der Waals surface area contributed by atoms with Gasteiger partial charge in [0, 0.05) is 12.2 Å². The van der Waals surface area contributed by atoms with Crippen molar-refractivity contribution < 1.29 is 0 Å². The molecule has 0 saturated carbocycles. The van der Waals surface area contributed by atoms with Gasteiger partial charge in [-0.2, -0.15) is 5.10 Å². The first-order valence-electron chi connectivity index (χ1n) is 4.90. The van der Waals surface area contributed by atoms with Gasteiger partial charge in [-0.25, -0.2) is 0 Å². The number of aromatic nitrogens is 2. The number of nitrogens with zero attached hydrogens (tertiary/aromatic N) is 2. The van der Waals surface area contributed by atoms with Gasteiger partial charge in [0.25, 0.3) is 0 Å². The number of aryl methyl sites for hydroxylation is 2. The van der Waals surface area contributed by atoms with E-state index < -0.39 is 0 Å². The molecule has 1 aromatic rings. The summed E-state index contributed by atoms with van der Waals surface area (Å²) >= 11 is 0. The Kier molecular flexibility index (Phi) is 3.48. The van der Waals surface area contributed by atoms with Crippen LogP contribution in [0.4, 0.5) is 0 Å². The van der Waals surface area contributed by atoms with Crippen LogP contribution in [0.5, 0.6) is 0 Å². The molecule has 0 atom stereocenters. The van der Waals surface area contributed by atoms with Gasteiger partial charge in [-0.1, -0.05) is 0 Å². The SMILES string of the molecule is Cc1nn(C(C)C)cc1CCCN. The van der Waals surface area contributed by atoms with Gasteiger partial charge >= 0.3 is 0 Å². The largest absolute Gasteiger partial charge is 0.330 e. The van der Waals surface area contributed by atoms with E-state index in [1.807, 2.05) is 4.68 Å². The molecule has 0 amide bonds. The van der Waals surface area contributed by atoms with Gasteiger partial charge in [0.2, 0.25) is 0 Å². The lowest BCUT2D eigenvalue weighted by molar-refractivity contribution is 0.529. The Labute approximate surface area is 79.9 Å². The Morgan fingerprint density at radius 2 is 2.23 bits per heavy atom. The Hall–Kier alpha value is -0.830. The van der Waals surface area contributed by atoms with Crippen LogP contribution in [0.2, 0.25) is 0 Å². The maximum Gasteiger partial charge on any atom is 0.0625 e. The third kappa shape index (κ3) is 2.56. The number of rotatable bonds is 4. The summed E-state index contributed by atoms with van der Waals surface area (Å²) in [7, 11) is 0. The molecule has 0 radical (unpaired) electrons. The van der Waals surface area contributed by atoms with Crippen LogP contribution in [0.3, 0.4) is 0 Å². The second kappa shape index (κ2) is 4.42. The highest BCUT2D eigenvalue weighted by molar-refractivity contribution is 5.15. The molecule has 74 valence electrons. The van der Waals surface area contributed by atoms with Crippen LogP contribution in [-0.4, -0.2) is 16.3 Å². The van der Waals surface area contributed by atoms with Crippen molar-refractivity contribution in [3.8, 4) is 0 Å². The van der Waals surface area contributed by atoms with Gasteiger partial charge in [-0.15, -0.1) is 0 Å². The van der Waals surface area contributed by atoms with Crippen LogP contribution in [0, 0.1) is 6.92 Å². The van der Waals surface area contributed by atoms with Crippen molar-refractivity contribution in [3.05, 3.63) is 17.5 Å². The van der Waals surface area contributed by atoms with E-state index >= 15 is 0 Å². The molecule has 3 heteroatoms. The fraction of sp³-hybridized carbons (Fsp3) is 0.700. The van der Waals surface area contributed by atoms with Gasteiger partial charge in [0.15, 0.2) is 0 Å². The highest BCUT2D eigenvalue weighted by Crippen LogP contribution is 2.11. The van der Waals surface area contributed by atoms with Crippen LogP contribution in [-0.2, 0) is 6.42 Å². The Morgan fingerprint density at radius 3 is 2.69 bits per heavy atom. The molecule has 1 rings (SSSR count). The summed E-state index contributed by atoms with van der Waals surface area (Å²) in [6.45, 7) is 7.09. The van der Waals surface area contributed by atoms with E-state index in [0.717, 1.165) is 25.1 Å². The van der Waals surface area contributed by atoms with Gasteiger partial charge < -0.3 is 5.73 Å². The topological polar surface area (TPSA) is 43.8 Å². The minimum Gasteiger partial charge on any atom is -0.330 e. The number of hydrogen-bond acceptors (Lipinski definition) is 2. The Balaban J connectivity index is 2.71. The minimum atomic E-state index is 0.449.